The van der Waals surface area contributed by atoms with Crippen LogP contribution in [0, 0.1) is 11.7 Å². The molecule has 2 fully saturated rings. The predicted molar refractivity (Wildman–Crippen MR) is 142 cm³/mol. The lowest BCUT2D eigenvalue weighted by Crippen LogP contribution is -2.57. The maximum Gasteiger partial charge on any atom is 0.323 e. The molecular weight excluding hydrogens is 559 g/mol. The third-order valence-electron chi connectivity index (χ3n) is 7.04. The number of urea groups is 1. The number of anilines is 1. The van der Waals surface area contributed by atoms with E-state index < -0.39 is 41.8 Å². The van der Waals surface area contributed by atoms with E-state index in [0.717, 1.165) is 42.6 Å². The van der Waals surface area contributed by atoms with E-state index in [1.54, 1.807) is 24.3 Å². The van der Waals surface area contributed by atoms with Crippen LogP contribution in [-0.4, -0.2) is 64.0 Å². The minimum atomic E-state index is -1.31. The quantitative estimate of drug-likeness (QED) is 0.441. The Labute approximate surface area is 228 Å². The number of rotatable bonds is 7. The van der Waals surface area contributed by atoms with Crippen molar-refractivity contribution in [3.8, 4) is 0 Å². The van der Waals surface area contributed by atoms with Gasteiger partial charge in [0, 0.05) is 34.9 Å². The number of carbonyl (C=O) groups is 4. The van der Waals surface area contributed by atoms with Gasteiger partial charge in [-0.3, -0.25) is 19.3 Å². The Morgan fingerprint density at radius 3 is 2.34 bits per heavy atom. The summed E-state index contributed by atoms with van der Waals surface area (Å²) in [5.74, 6) is -2.63. The van der Waals surface area contributed by atoms with Crippen molar-refractivity contribution in [3.05, 3.63) is 64.4 Å². The highest BCUT2D eigenvalue weighted by Crippen LogP contribution is 2.29. The standard InChI is InChI=1S/C27H30BrFN4O5/c28-19-11-9-18(10-12-19)26(37)32-13-14-33(27(38)30-21-8-4-7-20(29)15-21)25(32)24(36)31-22(16-23(34)35)17-5-2-1-3-6-17/h4,7-12,15,17,22,25H,1-3,5-6,13-14,16H2,(H,30,38)(H,31,36)(H,34,35). The Kier molecular flexibility index (Phi) is 8.98. The van der Waals surface area contributed by atoms with Gasteiger partial charge < -0.3 is 20.6 Å². The molecule has 2 aromatic rings. The number of hydrogen-bond acceptors (Lipinski definition) is 4. The van der Waals surface area contributed by atoms with Crippen molar-refractivity contribution in [2.24, 2.45) is 5.92 Å². The van der Waals surface area contributed by atoms with Gasteiger partial charge >= 0.3 is 12.0 Å². The van der Waals surface area contributed by atoms with E-state index in [0.29, 0.717) is 5.56 Å². The second-order valence-corrected chi connectivity index (χ2v) is 10.5. The average Bonchev–Trinajstić information content (AvgIpc) is 3.34. The third-order valence-corrected chi connectivity index (χ3v) is 7.57. The smallest absolute Gasteiger partial charge is 0.323 e. The molecule has 1 saturated heterocycles. The van der Waals surface area contributed by atoms with E-state index >= 15 is 0 Å². The number of hydrogen-bond donors (Lipinski definition) is 3. The summed E-state index contributed by atoms with van der Waals surface area (Å²) in [6, 6.07) is 10.7. The normalized spacial score (nSPS) is 18.6. The minimum Gasteiger partial charge on any atom is -0.481 e. The van der Waals surface area contributed by atoms with Crippen molar-refractivity contribution < 1.29 is 28.7 Å². The molecule has 2 atom stereocenters. The highest BCUT2D eigenvalue weighted by molar-refractivity contribution is 9.10. The first kappa shape index (κ1) is 27.6. The van der Waals surface area contributed by atoms with Crippen LogP contribution >= 0.6 is 15.9 Å². The van der Waals surface area contributed by atoms with Crippen LogP contribution in [0.4, 0.5) is 14.9 Å². The van der Waals surface area contributed by atoms with E-state index in [1.165, 1.54) is 28.0 Å². The number of nitrogens with zero attached hydrogens (tertiary/aromatic N) is 2. The molecule has 1 heterocycles. The van der Waals surface area contributed by atoms with Crippen molar-refractivity contribution in [2.75, 3.05) is 18.4 Å². The molecule has 4 amide bonds. The molecule has 2 unspecified atom stereocenters. The third kappa shape index (κ3) is 6.69. The average molecular weight is 589 g/mol. The summed E-state index contributed by atoms with van der Waals surface area (Å²) in [6.07, 6.45) is 3.02. The molecule has 38 heavy (non-hydrogen) atoms. The molecule has 9 nitrogen and oxygen atoms in total. The van der Waals surface area contributed by atoms with E-state index in [-0.39, 0.29) is 31.1 Å². The summed E-state index contributed by atoms with van der Waals surface area (Å²) in [4.78, 5) is 54.5. The van der Waals surface area contributed by atoms with Crippen LogP contribution in [0.3, 0.4) is 0 Å². The number of carbonyl (C=O) groups excluding carboxylic acids is 3. The maximum atomic E-state index is 13.7. The summed E-state index contributed by atoms with van der Waals surface area (Å²) in [7, 11) is 0. The second kappa shape index (κ2) is 12.4. The molecule has 1 saturated carbocycles. The van der Waals surface area contributed by atoms with Gasteiger partial charge in [-0.2, -0.15) is 0 Å². The summed E-state index contributed by atoms with van der Waals surface area (Å²) in [5, 5.41) is 15.0. The molecule has 11 heteroatoms. The van der Waals surface area contributed by atoms with Gasteiger partial charge in [0.05, 0.1) is 6.42 Å². The van der Waals surface area contributed by atoms with E-state index in [1.807, 2.05) is 0 Å². The molecule has 2 aliphatic rings. The molecule has 2 aromatic carbocycles. The lowest BCUT2D eigenvalue weighted by atomic mass is 9.82. The van der Waals surface area contributed by atoms with Crippen molar-refractivity contribution in [3.63, 3.8) is 0 Å². The van der Waals surface area contributed by atoms with E-state index in [4.69, 9.17) is 0 Å². The van der Waals surface area contributed by atoms with Crippen LogP contribution in [0.5, 0.6) is 0 Å². The summed E-state index contributed by atoms with van der Waals surface area (Å²) < 4.78 is 14.5. The van der Waals surface area contributed by atoms with Crippen LogP contribution in [0.2, 0.25) is 0 Å². The Hall–Kier alpha value is -3.47. The van der Waals surface area contributed by atoms with Gasteiger partial charge in [-0.25, -0.2) is 9.18 Å². The number of nitrogens with one attached hydrogen (secondary N) is 2. The van der Waals surface area contributed by atoms with Gasteiger partial charge in [0.15, 0.2) is 6.17 Å². The first-order chi connectivity index (χ1) is 18.2. The van der Waals surface area contributed by atoms with Crippen LogP contribution < -0.4 is 10.6 Å². The Morgan fingerprint density at radius 1 is 1.00 bits per heavy atom. The number of amides is 4. The predicted octanol–water partition coefficient (Wildman–Crippen LogP) is 4.44. The maximum absolute atomic E-state index is 13.7. The van der Waals surface area contributed by atoms with Gasteiger partial charge in [-0.15, -0.1) is 0 Å². The number of halogens is 2. The van der Waals surface area contributed by atoms with Gasteiger partial charge in [-0.05, 0) is 61.2 Å². The molecule has 1 aliphatic carbocycles. The van der Waals surface area contributed by atoms with Crippen molar-refractivity contribution in [1.29, 1.82) is 0 Å². The lowest BCUT2D eigenvalue weighted by Gasteiger charge is -2.34. The Morgan fingerprint density at radius 2 is 1.68 bits per heavy atom. The largest absolute Gasteiger partial charge is 0.481 e. The summed E-state index contributed by atoms with van der Waals surface area (Å²) >= 11 is 3.34. The van der Waals surface area contributed by atoms with Crippen molar-refractivity contribution in [2.45, 2.75) is 50.7 Å². The zero-order chi connectivity index (χ0) is 27.2. The molecule has 0 bridgehead atoms. The summed E-state index contributed by atoms with van der Waals surface area (Å²) in [6.45, 7) is 0.158. The van der Waals surface area contributed by atoms with Crippen LogP contribution in [0.1, 0.15) is 48.9 Å². The number of carboxylic acid groups (broad SMARTS) is 1. The van der Waals surface area contributed by atoms with Gasteiger partial charge in [0.1, 0.15) is 5.82 Å². The van der Waals surface area contributed by atoms with E-state index in [2.05, 4.69) is 26.6 Å². The molecule has 3 N–H and O–H groups in total. The number of carboxylic acids is 1. The van der Waals surface area contributed by atoms with Crippen LogP contribution in [0.15, 0.2) is 53.0 Å². The molecule has 4 rings (SSSR count). The molecule has 202 valence electrons. The SMILES string of the molecule is O=C(O)CC(NC(=O)C1N(C(=O)Nc2cccc(F)c2)CCN1C(=O)c1ccc(Br)cc1)C1CCCCC1. The minimum absolute atomic E-state index is 0.00426. The molecule has 0 radical (unpaired) electrons. The molecule has 0 aromatic heterocycles. The monoisotopic (exact) mass is 588 g/mol. The zero-order valence-electron chi connectivity index (χ0n) is 20.7. The highest BCUT2D eigenvalue weighted by Gasteiger charge is 2.44. The molecule has 1 aliphatic heterocycles. The van der Waals surface area contributed by atoms with Gasteiger partial charge in [0.2, 0.25) is 0 Å². The van der Waals surface area contributed by atoms with Crippen LogP contribution in [-0.2, 0) is 9.59 Å². The molecular formula is C27H30BrFN4O5. The second-order valence-electron chi connectivity index (χ2n) is 9.62. The zero-order valence-corrected chi connectivity index (χ0v) is 22.3. The van der Waals surface area contributed by atoms with Crippen molar-refractivity contribution >= 4 is 45.4 Å². The highest BCUT2D eigenvalue weighted by atomic mass is 79.9. The first-order valence-corrected chi connectivity index (χ1v) is 13.4. The number of aliphatic carboxylic acids is 1. The Balaban J connectivity index is 1.60. The fourth-order valence-corrected chi connectivity index (χ4v) is 5.44. The fourth-order valence-electron chi connectivity index (χ4n) is 5.17. The van der Waals surface area contributed by atoms with Crippen molar-refractivity contribution in [1.82, 2.24) is 15.1 Å². The lowest BCUT2D eigenvalue weighted by molar-refractivity contribution is -0.138. The first-order valence-electron chi connectivity index (χ1n) is 12.6. The summed E-state index contributed by atoms with van der Waals surface area (Å²) in [5.41, 5.74) is 0.547. The van der Waals surface area contributed by atoms with Gasteiger partial charge in [0.25, 0.3) is 11.8 Å². The topological polar surface area (TPSA) is 119 Å². The Bertz CT molecular complexity index is 1190. The van der Waals surface area contributed by atoms with Gasteiger partial charge in [-0.1, -0.05) is 41.3 Å². The van der Waals surface area contributed by atoms with Crippen LogP contribution in [0.25, 0.3) is 0 Å². The number of benzene rings is 2. The molecule has 0 spiro atoms. The van der Waals surface area contributed by atoms with E-state index in [9.17, 15) is 28.7 Å². The fraction of sp³-hybridized carbons (Fsp3) is 0.407.